The van der Waals surface area contributed by atoms with E-state index in [9.17, 15) is 0 Å². The summed E-state index contributed by atoms with van der Waals surface area (Å²) in [5.41, 5.74) is 0. The lowest BCUT2D eigenvalue weighted by Gasteiger charge is -2.21. The number of hydrogen-bond donors (Lipinski definition) is 2. The van der Waals surface area contributed by atoms with Gasteiger partial charge in [0.15, 0.2) is 5.96 Å². The van der Waals surface area contributed by atoms with Crippen molar-refractivity contribution in [2.75, 3.05) is 26.2 Å². The Morgan fingerprint density at radius 3 is 2.68 bits per heavy atom. The highest BCUT2D eigenvalue weighted by atomic mass is 127. The van der Waals surface area contributed by atoms with E-state index in [4.69, 9.17) is 4.99 Å². The Morgan fingerprint density at radius 2 is 2.11 bits per heavy atom. The number of aliphatic imine (C=N–C) groups is 1. The Morgan fingerprint density at radius 1 is 1.37 bits per heavy atom. The maximum Gasteiger partial charge on any atom is 0.191 e. The highest BCUT2D eigenvalue weighted by Gasteiger charge is 2.33. The second kappa shape index (κ2) is 8.29. The van der Waals surface area contributed by atoms with Crippen molar-refractivity contribution < 1.29 is 0 Å². The third-order valence-electron chi connectivity index (χ3n) is 4.14. The van der Waals surface area contributed by atoms with Gasteiger partial charge in [0.1, 0.15) is 0 Å². The van der Waals surface area contributed by atoms with Gasteiger partial charge in [-0.1, -0.05) is 13.8 Å². The second-order valence-electron chi connectivity index (χ2n) is 5.61. The van der Waals surface area contributed by atoms with Crippen LogP contribution in [0.4, 0.5) is 0 Å². The largest absolute Gasteiger partial charge is 0.357 e. The first-order valence-electron chi connectivity index (χ1n) is 7.53. The number of halogens is 1. The molecule has 2 aliphatic rings. The van der Waals surface area contributed by atoms with Crippen LogP contribution in [0.5, 0.6) is 0 Å². The first-order valence-corrected chi connectivity index (χ1v) is 7.53. The molecule has 19 heavy (non-hydrogen) atoms. The van der Waals surface area contributed by atoms with Crippen molar-refractivity contribution in [2.45, 2.75) is 52.1 Å². The van der Waals surface area contributed by atoms with Crippen molar-refractivity contribution in [3.63, 3.8) is 0 Å². The molecule has 3 atom stereocenters. The Bertz CT molecular complexity index is 295. The number of nitrogens with one attached hydrogen (secondary N) is 2. The monoisotopic (exact) mass is 380 g/mol. The molecular formula is C14H29IN4. The molecule has 0 aromatic rings. The summed E-state index contributed by atoms with van der Waals surface area (Å²) in [7, 11) is 0. The van der Waals surface area contributed by atoms with E-state index < -0.39 is 0 Å². The summed E-state index contributed by atoms with van der Waals surface area (Å²) in [6.07, 6.45) is 3.92. The summed E-state index contributed by atoms with van der Waals surface area (Å²) in [6, 6.07) is 1.30. The first-order chi connectivity index (χ1) is 8.74. The van der Waals surface area contributed by atoms with E-state index in [0.717, 1.165) is 31.5 Å². The fourth-order valence-electron chi connectivity index (χ4n) is 2.73. The van der Waals surface area contributed by atoms with Gasteiger partial charge in [-0.25, -0.2) is 0 Å². The van der Waals surface area contributed by atoms with Gasteiger partial charge in [0.25, 0.3) is 0 Å². The lowest BCUT2D eigenvalue weighted by atomic mass is 10.2. The molecular weight excluding hydrogens is 351 g/mol. The SMILES string of the molecule is CCNC(=NCC1CCCN1CC)NC1CC1C.I. The van der Waals surface area contributed by atoms with Crippen LogP contribution in [0, 0.1) is 5.92 Å². The Hall–Kier alpha value is -0.0400. The molecule has 2 fully saturated rings. The molecule has 4 nitrogen and oxygen atoms in total. The predicted molar refractivity (Wildman–Crippen MR) is 92.4 cm³/mol. The fourth-order valence-corrected chi connectivity index (χ4v) is 2.73. The molecule has 0 aromatic heterocycles. The van der Waals surface area contributed by atoms with Gasteiger partial charge in [-0.15, -0.1) is 24.0 Å². The number of hydrogen-bond acceptors (Lipinski definition) is 2. The maximum atomic E-state index is 4.76. The number of guanidine groups is 1. The van der Waals surface area contributed by atoms with Gasteiger partial charge in [-0.2, -0.15) is 0 Å². The summed E-state index contributed by atoms with van der Waals surface area (Å²) >= 11 is 0. The predicted octanol–water partition coefficient (Wildman–Crippen LogP) is 2.05. The lowest BCUT2D eigenvalue weighted by Crippen LogP contribution is -2.40. The van der Waals surface area contributed by atoms with Gasteiger partial charge in [0.05, 0.1) is 6.54 Å². The van der Waals surface area contributed by atoms with Crippen molar-refractivity contribution in [2.24, 2.45) is 10.9 Å². The molecule has 1 saturated heterocycles. The van der Waals surface area contributed by atoms with Crippen molar-refractivity contribution in [3.05, 3.63) is 0 Å². The van der Waals surface area contributed by atoms with Crippen molar-refractivity contribution in [3.8, 4) is 0 Å². The molecule has 2 N–H and O–H groups in total. The molecule has 1 heterocycles. The quantitative estimate of drug-likeness (QED) is 0.436. The van der Waals surface area contributed by atoms with Gasteiger partial charge in [0, 0.05) is 18.6 Å². The van der Waals surface area contributed by atoms with Gasteiger partial charge in [0.2, 0.25) is 0 Å². The summed E-state index contributed by atoms with van der Waals surface area (Å²) in [5.74, 6) is 1.82. The zero-order chi connectivity index (χ0) is 13.0. The van der Waals surface area contributed by atoms with Crippen LogP contribution in [0.1, 0.15) is 40.0 Å². The van der Waals surface area contributed by atoms with Crippen molar-refractivity contribution >= 4 is 29.9 Å². The number of nitrogens with zero attached hydrogens (tertiary/aromatic N) is 2. The fraction of sp³-hybridized carbons (Fsp3) is 0.929. The third kappa shape index (κ3) is 5.10. The van der Waals surface area contributed by atoms with Crippen molar-refractivity contribution in [1.29, 1.82) is 0 Å². The molecule has 5 heteroatoms. The van der Waals surface area contributed by atoms with E-state index >= 15 is 0 Å². The van der Waals surface area contributed by atoms with Crippen LogP contribution < -0.4 is 10.6 Å². The number of likely N-dealkylation sites (tertiary alicyclic amines) is 1. The standard InChI is InChI=1S/C14H28N4.HI/c1-4-15-14(17-13-9-11(13)3)16-10-12-7-6-8-18(12)5-2;/h11-13H,4-10H2,1-3H3,(H2,15,16,17);1H. The molecule has 112 valence electrons. The Balaban J connectivity index is 0.00000180. The van der Waals surface area contributed by atoms with Crippen LogP contribution in [0.3, 0.4) is 0 Å². The molecule has 0 amide bonds. The molecule has 1 aliphatic heterocycles. The van der Waals surface area contributed by atoms with Gasteiger partial charge < -0.3 is 10.6 Å². The maximum absolute atomic E-state index is 4.76. The molecule has 0 radical (unpaired) electrons. The minimum Gasteiger partial charge on any atom is -0.357 e. The van der Waals surface area contributed by atoms with Gasteiger partial charge in [-0.3, -0.25) is 9.89 Å². The summed E-state index contributed by atoms with van der Waals surface area (Å²) in [5, 5.41) is 6.87. The highest BCUT2D eigenvalue weighted by molar-refractivity contribution is 14.0. The lowest BCUT2D eigenvalue weighted by molar-refractivity contribution is 0.273. The summed E-state index contributed by atoms with van der Waals surface area (Å²) in [6.45, 7) is 10.9. The minimum absolute atomic E-state index is 0. The number of likely N-dealkylation sites (N-methyl/N-ethyl adjacent to an activating group) is 1. The van der Waals surface area contributed by atoms with E-state index in [1.165, 1.54) is 25.8 Å². The highest BCUT2D eigenvalue weighted by Crippen LogP contribution is 2.28. The second-order valence-corrected chi connectivity index (χ2v) is 5.61. The van der Waals surface area contributed by atoms with E-state index in [2.05, 4.69) is 36.3 Å². The smallest absolute Gasteiger partial charge is 0.191 e. The minimum atomic E-state index is 0. The Kier molecular flexibility index (Phi) is 7.42. The molecule has 0 bridgehead atoms. The normalized spacial score (nSPS) is 30.9. The topological polar surface area (TPSA) is 39.7 Å². The summed E-state index contributed by atoms with van der Waals surface area (Å²) in [4.78, 5) is 7.31. The molecule has 2 rings (SSSR count). The van der Waals surface area contributed by atoms with Gasteiger partial charge in [-0.05, 0) is 45.2 Å². The van der Waals surface area contributed by atoms with Crippen LogP contribution >= 0.6 is 24.0 Å². The van der Waals surface area contributed by atoms with Crippen LogP contribution in [0.25, 0.3) is 0 Å². The molecule has 1 aliphatic carbocycles. The third-order valence-corrected chi connectivity index (χ3v) is 4.14. The van der Waals surface area contributed by atoms with Crippen LogP contribution in [0.2, 0.25) is 0 Å². The van der Waals surface area contributed by atoms with Crippen LogP contribution in [0.15, 0.2) is 4.99 Å². The molecule has 3 unspecified atom stereocenters. The van der Waals surface area contributed by atoms with Crippen LogP contribution in [-0.2, 0) is 0 Å². The Labute approximate surface area is 134 Å². The zero-order valence-corrected chi connectivity index (χ0v) is 14.8. The molecule has 0 spiro atoms. The molecule has 1 saturated carbocycles. The molecule has 0 aromatic carbocycles. The average Bonchev–Trinajstić information content (AvgIpc) is 2.90. The zero-order valence-electron chi connectivity index (χ0n) is 12.5. The van der Waals surface area contributed by atoms with E-state index in [0.29, 0.717) is 12.1 Å². The van der Waals surface area contributed by atoms with E-state index in [1.807, 2.05) is 0 Å². The average molecular weight is 380 g/mol. The van der Waals surface area contributed by atoms with Gasteiger partial charge >= 0.3 is 0 Å². The first kappa shape index (κ1) is 17.0. The number of rotatable bonds is 5. The van der Waals surface area contributed by atoms with Crippen LogP contribution in [-0.4, -0.2) is 49.1 Å². The van der Waals surface area contributed by atoms with Crippen molar-refractivity contribution in [1.82, 2.24) is 15.5 Å². The van der Waals surface area contributed by atoms with E-state index in [-0.39, 0.29) is 24.0 Å². The summed E-state index contributed by atoms with van der Waals surface area (Å²) < 4.78 is 0. The van der Waals surface area contributed by atoms with E-state index in [1.54, 1.807) is 0 Å².